The van der Waals surface area contributed by atoms with Crippen LogP contribution in [-0.2, 0) is 0 Å². The van der Waals surface area contributed by atoms with Crippen molar-refractivity contribution in [2.24, 2.45) is 11.3 Å². The molecule has 6 rings (SSSR count). The van der Waals surface area contributed by atoms with Gasteiger partial charge in [-0.2, -0.15) is 0 Å². The molecule has 5 bridgehead atoms. The molecule has 0 aliphatic heterocycles. The highest BCUT2D eigenvalue weighted by Gasteiger charge is 2.59. The van der Waals surface area contributed by atoms with Crippen LogP contribution in [-0.4, -0.2) is 0 Å². The van der Waals surface area contributed by atoms with Crippen LogP contribution in [0.3, 0.4) is 0 Å². The minimum absolute atomic E-state index is 0.782. The van der Waals surface area contributed by atoms with Crippen molar-refractivity contribution in [1.29, 1.82) is 0 Å². The van der Waals surface area contributed by atoms with Gasteiger partial charge in [0.05, 0.1) is 0 Å². The van der Waals surface area contributed by atoms with Crippen LogP contribution in [0.2, 0.25) is 0 Å². The lowest BCUT2D eigenvalue weighted by Crippen LogP contribution is -2.31. The fraction of sp³-hybridized carbons (Fsp3) is 0.600. The van der Waals surface area contributed by atoms with E-state index in [4.69, 9.17) is 0 Å². The highest BCUT2D eigenvalue weighted by atomic mass is 14.6. The van der Waals surface area contributed by atoms with E-state index in [-0.39, 0.29) is 0 Å². The lowest BCUT2D eigenvalue weighted by molar-refractivity contribution is 0.335. The Morgan fingerprint density at radius 3 is 3.00 bits per heavy atom. The molecule has 50 valence electrons. The zero-order chi connectivity index (χ0) is 6.34. The molecule has 6 aliphatic carbocycles. The van der Waals surface area contributed by atoms with Gasteiger partial charge < -0.3 is 0 Å². The van der Waals surface area contributed by atoms with Gasteiger partial charge in [-0.05, 0) is 37.2 Å². The number of hydrogen-bond donors (Lipinski definition) is 0. The van der Waals surface area contributed by atoms with Crippen molar-refractivity contribution in [1.82, 2.24) is 0 Å². The summed E-state index contributed by atoms with van der Waals surface area (Å²) >= 11 is 0. The number of rotatable bonds is 0. The third-order valence-corrected chi connectivity index (χ3v) is 4.07. The topological polar surface area (TPSA) is 0 Å². The molecule has 2 atom stereocenters. The van der Waals surface area contributed by atoms with Crippen molar-refractivity contribution in [3.05, 3.63) is 22.8 Å². The van der Waals surface area contributed by atoms with Crippen LogP contribution in [0, 0.1) is 11.3 Å². The molecule has 2 fully saturated rings. The fourth-order valence-corrected chi connectivity index (χ4v) is 3.71. The van der Waals surface area contributed by atoms with Crippen LogP contribution in [0.25, 0.3) is 0 Å². The van der Waals surface area contributed by atoms with Gasteiger partial charge in [0.15, 0.2) is 0 Å². The van der Waals surface area contributed by atoms with Crippen LogP contribution in [0.15, 0.2) is 22.8 Å². The minimum atomic E-state index is 0.782. The van der Waals surface area contributed by atoms with Crippen LogP contribution >= 0.6 is 0 Å². The van der Waals surface area contributed by atoms with E-state index in [1.807, 2.05) is 5.57 Å². The van der Waals surface area contributed by atoms with E-state index < -0.39 is 0 Å². The average molecular weight is 130 g/mol. The molecule has 1 spiro atoms. The normalized spacial score (nSPS) is 52.0. The van der Waals surface area contributed by atoms with Gasteiger partial charge in [0.1, 0.15) is 0 Å². The molecule has 0 aromatic heterocycles. The first-order chi connectivity index (χ1) is 4.87. The Labute approximate surface area is 60.6 Å². The van der Waals surface area contributed by atoms with Crippen LogP contribution in [0.4, 0.5) is 0 Å². The van der Waals surface area contributed by atoms with Crippen LogP contribution < -0.4 is 0 Å². The Balaban J connectivity index is 2.21. The average Bonchev–Trinajstić information content (AvgIpc) is 2.32. The predicted octanol–water partition coefficient (Wildman–Crippen LogP) is 2.43. The first-order valence-electron chi connectivity index (χ1n) is 4.30. The van der Waals surface area contributed by atoms with Gasteiger partial charge in [0.2, 0.25) is 0 Å². The summed E-state index contributed by atoms with van der Waals surface area (Å²) in [6.07, 6.45) is 8.38. The van der Waals surface area contributed by atoms with E-state index in [0.29, 0.717) is 0 Å². The molecule has 0 heterocycles. The number of hydrogen-bond acceptors (Lipinski definition) is 0. The van der Waals surface area contributed by atoms with Gasteiger partial charge in [-0.25, -0.2) is 0 Å². The summed E-state index contributed by atoms with van der Waals surface area (Å²) in [7, 11) is 0. The molecule has 2 unspecified atom stereocenters. The summed E-state index contributed by atoms with van der Waals surface area (Å²) < 4.78 is 0. The second-order valence-corrected chi connectivity index (χ2v) is 4.46. The smallest absolute Gasteiger partial charge is 0.000139 e. The summed E-state index contributed by atoms with van der Waals surface area (Å²) in [5.74, 6) is 1.02. The zero-order valence-corrected chi connectivity index (χ0v) is 5.98. The Bertz CT molecular complexity index is 306. The van der Waals surface area contributed by atoms with Crippen molar-refractivity contribution in [3.8, 4) is 0 Å². The fourth-order valence-electron chi connectivity index (χ4n) is 3.71. The molecule has 10 heavy (non-hydrogen) atoms. The van der Waals surface area contributed by atoms with Crippen molar-refractivity contribution < 1.29 is 0 Å². The highest BCUT2D eigenvalue weighted by molar-refractivity contribution is 5.57. The van der Waals surface area contributed by atoms with E-state index in [1.165, 1.54) is 25.7 Å². The Kier molecular flexibility index (Phi) is 0.411. The lowest BCUT2D eigenvalue weighted by Gasteiger charge is -2.45. The van der Waals surface area contributed by atoms with Crippen LogP contribution in [0.5, 0.6) is 0 Å². The van der Waals surface area contributed by atoms with Gasteiger partial charge in [-0.1, -0.05) is 17.2 Å². The molecule has 0 aromatic rings. The summed E-state index contributed by atoms with van der Waals surface area (Å²) in [5.41, 5.74) is 6.18. The first kappa shape index (κ1) is 4.38. The lowest BCUT2D eigenvalue weighted by atomic mass is 9.59. The minimum Gasteiger partial charge on any atom is -0.0656 e. The second kappa shape index (κ2) is 0.939. The van der Waals surface area contributed by atoms with Gasteiger partial charge >= 0.3 is 0 Å². The maximum Gasteiger partial charge on any atom is 0.000139 e. The molecule has 2 saturated carbocycles. The van der Waals surface area contributed by atoms with E-state index in [9.17, 15) is 0 Å². The second-order valence-electron chi connectivity index (χ2n) is 4.46. The third-order valence-electron chi connectivity index (χ3n) is 4.07. The Morgan fingerprint density at radius 1 is 1.40 bits per heavy atom. The summed E-state index contributed by atoms with van der Waals surface area (Å²) in [4.78, 5) is 0. The van der Waals surface area contributed by atoms with E-state index in [1.54, 1.807) is 11.1 Å². The molecule has 6 aliphatic rings. The van der Waals surface area contributed by atoms with Gasteiger partial charge in [-0.15, -0.1) is 0 Å². The molecule has 0 radical (unpaired) electrons. The Morgan fingerprint density at radius 2 is 2.40 bits per heavy atom. The van der Waals surface area contributed by atoms with Gasteiger partial charge in [0.25, 0.3) is 0 Å². The molecule has 0 saturated heterocycles. The van der Waals surface area contributed by atoms with Gasteiger partial charge in [0, 0.05) is 5.41 Å². The van der Waals surface area contributed by atoms with Gasteiger partial charge in [-0.3, -0.25) is 0 Å². The largest absolute Gasteiger partial charge is 0.0656 e. The maximum absolute atomic E-state index is 2.50. The maximum atomic E-state index is 2.50. The molecule has 0 heteroatoms. The molecule has 0 aromatic carbocycles. The quantitative estimate of drug-likeness (QED) is 0.472. The summed E-state index contributed by atoms with van der Waals surface area (Å²) in [5, 5.41) is 0. The van der Waals surface area contributed by atoms with E-state index in [2.05, 4.69) is 6.08 Å². The summed E-state index contributed by atoms with van der Waals surface area (Å²) in [6.45, 7) is 0. The SMILES string of the molecule is C1=C2CC34CC1=C3CC2C4. The number of allylic oxidation sites excluding steroid dienone is 4. The van der Waals surface area contributed by atoms with E-state index in [0.717, 1.165) is 11.3 Å². The van der Waals surface area contributed by atoms with Crippen LogP contribution in [0.1, 0.15) is 25.7 Å². The first-order valence-corrected chi connectivity index (χ1v) is 4.30. The summed E-state index contributed by atoms with van der Waals surface area (Å²) in [6, 6.07) is 0. The predicted molar refractivity (Wildman–Crippen MR) is 39.5 cm³/mol. The highest BCUT2D eigenvalue weighted by Crippen LogP contribution is 2.72. The molecule has 0 nitrogen and oxygen atoms in total. The van der Waals surface area contributed by atoms with Crippen molar-refractivity contribution in [2.45, 2.75) is 25.7 Å². The van der Waals surface area contributed by atoms with Crippen molar-refractivity contribution in [2.75, 3.05) is 0 Å². The third kappa shape index (κ3) is 0.236. The molecule has 0 amide bonds. The zero-order valence-electron chi connectivity index (χ0n) is 5.98. The molecular weight excluding hydrogens is 120 g/mol. The standard InChI is InChI=1S/C10H10/c1-6-3-10-4-7(6)2-9(10)8(1)5-10/h1,7H,2-5H2. The van der Waals surface area contributed by atoms with Crippen molar-refractivity contribution in [3.63, 3.8) is 0 Å². The van der Waals surface area contributed by atoms with Crippen molar-refractivity contribution >= 4 is 0 Å². The molecule has 0 N–H and O–H groups in total. The van der Waals surface area contributed by atoms with E-state index >= 15 is 0 Å². The Hall–Kier alpha value is -0.520. The monoisotopic (exact) mass is 130 g/mol. The molecular formula is C10H10.